The summed E-state index contributed by atoms with van der Waals surface area (Å²) in [6.45, 7) is 6.89. The number of piperidine rings is 1. The summed E-state index contributed by atoms with van der Waals surface area (Å²) in [5.41, 5.74) is 0.581. The molecule has 3 fully saturated rings. The van der Waals surface area contributed by atoms with Crippen molar-refractivity contribution in [3.63, 3.8) is 0 Å². The molecular weight excluding hydrogens is 518 g/mol. The minimum Gasteiger partial charge on any atom is -0.445 e. The van der Waals surface area contributed by atoms with E-state index in [0.29, 0.717) is 18.3 Å². The second-order valence-electron chi connectivity index (χ2n) is 12.7. The highest BCUT2D eigenvalue weighted by Gasteiger charge is 2.42. The fourth-order valence-electron chi connectivity index (χ4n) is 6.34. The van der Waals surface area contributed by atoms with Gasteiger partial charge in [0, 0.05) is 18.6 Å². The molecule has 39 heavy (non-hydrogen) atoms. The van der Waals surface area contributed by atoms with Gasteiger partial charge in [0.1, 0.15) is 6.10 Å². The summed E-state index contributed by atoms with van der Waals surface area (Å²) in [6.07, 6.45) is 3.72. The lowest BCUT2D eigenvalue weighted by Crippen LogP contribution is -2.60. The average molecular weight is 564 g/mol. The molecule has 1 aromatic carbocycles. The first kappa shape index (κ1) is 29.8. The van der Waals surface area contributed by atoms with Crippen molar-refractivity contribution in [1.29, 1.82) is 0 Å². The molecule has 1 saturated carbocycles. The van der Waals surface area contributed by atoms with Gasteiger partial charge in [-0.3, -0.25) is 9.69 Å². The lowest BCUT2D eigenvalue weighted by molar-refractivity contribution is -0.132. The number of nitrogens with one attached hydrogen (secondary N) is 2. The Morgan fingerprint density at radius 2 is 1.79 bits per heavy atom. The van der Waals surface area contributed by atoms with Crippen LogP contribution in [-0.2, 0) is 25.8 Å². The van der Waals surface area contributed by atoms with Gasteiger partial charge in [-0.05, 0) is 63.9 Å². The van der Waals surface area contributed by atoms with Gasteiger partial charge in [0.25, 0.3) is 0 Å². The monoisotopic (exact) mass is 563 g/mol. The van der Waals surface area contributed by atoms with E-state index in [4.69, 9.17) is 4.74 Å². The minimum atomic E-state index is -3.19. The van der Waals surface area contributed by atoms with Gasteiger partial charge in [-0.15, -0.1) is 0 Å². The summed E-state index contributed by atoms with van der Waals surface area (Å²) in [7, 11) is -3.19. The molecule has 2 saturated heterocycles. The zero-order chi connectivity index (χ0) is 28.2. The Labute approximate surface area is 233 Å². The van der Waals surface area contributed by atoms with E-state index in [1.54, 1.807) is 0 Å². The number of likely N-dealkylation sites (tertiary alicyclic amines) is 1. The summed E-state index contributed by atoms with van der Waals surface area (Å²) in [5.74, 6) is 0.829. The SMILES string of the molecule is CC(C)(C)NC(=O)C1C[C@@H]2CCCC[C@@H]2CN1C[C@@H](O)[C@H](Cc1ccccc1)NC(=O)O[C@H]1CCS(=O)(=O)C1. The van der Waals surface area contributed by atoms with Gasteiger partial charge in [0.05, 0.1) is 29.7 Å². The Hall–Kier alpha value is -2.17. The third-order valence-corrected chi connectivity index (χ3v) is 9.99. The number of hydrogen-bond acceptors (Lipinski definition) is 7. The number of aliphatic hydroxyl groups excluding tert-OH is 1. The first-order valence-electron chi connectivity index (χ1n) is 14.3. The fraction of sp³-hybridized carbons (Fsp3) is 0.724. The van der Waals surface area contributed by atoms with Crippen LogP contribution in [0.5, 0.6) is 0 Å². The van der Waals surface area contributed by atoms with Gasteiger partial charge in [0.15, 0.2) is 9.84 Å². The number of alkyl carbamates (subject to hydrolysis) is 1. The van der Waals surface area contributed by atoms with E-state index in [-0.39, 0.29) is 42.0 Å². The van der Waals surface area contributed by atoms with E-state index in [2.05, 4.69) is 15.5 Å². The molecule has 0 aromatic heterocycles. The van der Waals surface area contributed by atoms with E-state index in [1.165, 1.54) is 12.8 Å². The number of aliphatic hydroxyl groups is 1. The molecule has 0 bridgehead atoms. The van der Waals surface area contributed by atoms with Crippen LogP contribution in [0.3, 0.4) is 0 Å². The van der Waals surface area contributed by atoms with Crippen LogP contribution >= 0.6 is 0 Å². The molecule has 2 amide bonds. The van der Waals surface area contributed by atoms with Crippen molar-refractivity contribution in [2.75, 3.05) is 24.6 Å². The number of sulfone groups is 1. The smallest absolute Gasteiger partial charge is 0.407 e. The predicted molar refractivity (Wildman–Crippen MR) is 150 cm³/mol. The number of amides is 2. The highest BCUT2D eigenvalue weighted by atomic mass is 32.2. The van der Waals surface area contributed by atoms with E-state index >= 15 is 0 Å². The third kappa shape index (κ3) is 8.66. The van der Waals surface area contributed by atoms with Crippen molar-refractivity contribution < 1.29 is 27.9 Å². The van der Waals surface area contributed by atoms with Gasteiger partial charge in [-0.2, -0.15) is 0 Å². The quantitative estimate of drug-likeness (QED) is 0.444. The molecule has 1 unspecified atom stereocenters. The zero-order valence-corrected chi connectivity index (χ0v) is 24.3. The minimum absolute atomic E-state index is 0.0101. The van der Waals surface area contributed by atoms with Crippen LogP contribution < -0.4 is 10.6 Å². The Kier molecular flexibility index (Phi) is 9.60. The van der Waals surface area contributed by atoms with Crippen molar-refractivity contribution in [2.24, 2.45) is 11.8 Å². The molecule has 1 aliphatic carbocycles. The second kappa shape index (κ2) is 12.6. The molecule has 3 N–H and O–H groups in total. The van der Waals surface area contributed by atoms with Crippen molar-refractivity contribution in [2.45, 2.75) is 95.5 Å². The van der Waals surface area contributed by atoms with Crippen molar-refractivity contribution in [3.8, 4) is 0 Å². The molecule has 218 valence electrons. The molecule has 9 nitrogen and oxygen atoms in total. The van der Waals surface area contributed by atoms with Crippen LogP contribution in [0.2, 0.25) is 0 Å². The predicted octanol–water partition coefficient (Wildman–Crippen LogP) is 2.67. The number of hydrogen-bond donors (Lipinski definition) is 3. The Bertz CT molecular complexity index is 1090. The molecule has 0 spiro atoms. The topological polar surface area (TPSA) is 125 Å². The molecule has 6 atom stereocenters. The van der Waals surface area contributed by atoms with Crippen LogP contribution in [0.15, 0.2) is 30.3 Å². The van der Waals surface area contributed by atoms with Crippen molar-refractivity contribution in [3.05, 3.63) is 35.9 Å². The largest absolute Gasteiger partial charge is 0.445 e. The third-order valence-electron chi connectivity index (χ3n) is 8.26. The van der Waals surface area contributed by atoms with E-state index in [1.807, 2.05) is 51.1 Å². The first-order valence-corrected chi connectivity index (χ1v) is 16.2. The maximum atomic E-state index is 13.4. The summed E-state index contributed by atoms with van der Waals surface area (Å²) in [5, 5.41) is 17.5. The maximum absolute atomic E-state index is 13.4. The van der Waals surface area contributed by atoms with Gasteiger partial charge >= 0.3 is 6.09 Å². The van der Waals surface area contributed by atoms with E-state index in [9.17, 15) is 23.1 Å². The van der Waals surface area contributed by atoms with Crippen LogP contribution in [0.4, 0.5) is 4.79 Å². The lowest BCUT2D eigenvalue weighted by Gasteiger charge is -2.47. The van der Waals surface area contributed by atoms with Gasteiger partial charge in [0.2, 0.25) is 5.91 Å². The van der Waals surface area contributed by atoms with Gasteiger partial charge < -0.3 is 20.5 Å². The van der Waals surface area contributed by atoms with Crippen LogP contribution in [0.1, 0.15) is 64.9 Å². The fourth-order valence-corrected chi connectivity index (χ4v) is 7.93. The Balaban J connectivity index is 1.48. The lowest BCUT2D eigenvalue weighted by atomic mass is 9.72. The number of ether oxygens (including phenoxy) is 1. The molecule has 10 heteroatoms. The standard InChI is InChI=1S/C29H45N3O6S/c1-29(2,3)31-27(34)25-16-21-11-7-8-12-22(21)17-32(25)18-26(33)24(15-20-9-5-4-6-10-20)30-28(35)38-23-13-14-39(36,37)19-23/h4-6,9-10,21-26,33H,7-8,11-19H2,1-3H3,(H,30,35)(H,31,34)/t21-,22+,23-,24-,25?,26+/m0/s1. The van der Waals surface area contributed by atoms with Crippen molar-refractivity contribution in [1.82, 2.24) is 15.5 Å². The molecule has 2 heterocycles. The number of β-amino-alcohol motifs (C(OH)–C–C–N with tert-alkyl or cyclic N) is 1. The summed E-state index contributed by atoms with van der Waals surface area (Å²) >= 11 is 0. The number of rotatable bonds is 8. The number of carbonyl (C=O) groups is 2. The molecular formula is C29H45N3O6S. The number of carbonyl (C=O) groups excluding carboxylic acids is 2. The van der Waals surface area contributed by atoms with E-state index in [0.717, 1.165) is 31.4 Å². The first-order chi connectivity index (χ1) is 18.4. The Morgan fingerprint density at radius 3 is 2.44 bits per heavy atom. The van der Waals surface area contributed by atoms with Crippen molar-refractivity contribution >= 4 is 21.8 Å². The van der Waals surface area contributed by atoms with Gasteiger partial charge in [-0.1, -0.05) is 49.6 Å². The molecule has 2 aliphatic heterocycles. The Morgan fingerprint density at radius 1 is 1.10 bits per heavy atom. The number of nitrogens with zero attached hydrogens (tertiary/aromatic N) is 1. The average Bonchev–Trinajstić information content (AvgIpc) is 3.20. The van der Waals surface area contributed by atoms with Gasteiger partial charge in [-0.25, -0.2) is 13.2 Å². The molecule has 4 rings (SSSR count). The highest BCUT2D eigenvalue weighted by molar-refractivity contribution is 7.91. The number of benzene rings is 1. The summed E-state index contributed by atoms with van der Waals surface area (Å²) in [6, 6.07) is 8.57. The highest BCUT2D eigenvalue weighted by Crippen LogP contribution is 2.39. The van der Waals surface area contributed by atoms with E-state index < -0.39 is 34.2 Å². The number of fused-ring (bicyclic) bond motifs is 1. The molecule has 3 aliphatic rings. The normalized spacial score (nSPS) is 28.6. The summed E-state index contributed by atoms with van der Waals surface area (Å²) < 4.78 is 29.0. The molecule has 1 aromatic rings. The maximum Gasteiger partial charge on any atom is 0.407 e. The van der Waals surface area contributed by atoms with Crippen LogP contribution in [-0.4, -0.2) is 84.9 Å². The zero-order valence-electron chi connectivity index (χ0n) is 23.5. The van der Waals surface area contributed by atoms with Crippen LogP contribution in [0.25, 0.3) is 0 Å². The second-order valence-corrected chi connectivity index (χ2v) is 14.9. The summed E-state index contributed by atoms with van der Waals surface area (Å²) in [4.78, 5) is 28.3. The van der Waals surface area contributed by atoms with Crippen LogP contribution in [0, 0.1) is 11.8 Å². The molecule has 0 radical (unpaired) electrons.